The number of rotatable bonds is 6. The summed E-state index contributed by atoms with van der Waals surface area (Å²) in [6.45, 7) is 3.60. The molecule has 0 fully saturated rings. The maximum Gasteiger partial charge on any atom is 0.166 e. The molecule has 3 aromatic rings. The highest BCUT2D eigenvalue weighted by molar-refractivity contribution is 5.98. The maximum atomic E-state index is 12.6. The van der Waals surface area contributed by atoms with E-state index in [2.05, 4.69) is 0 Å². The minimum Gasteiger partial charge on any atom is -0.461 e. The SMILES string of the molecule is CC(=N)c1ccc(CCC(=O)c2cc(-c3ccccc3)oc2C)cc1. The lowest BCUT2D eigenvalue weighted by Gasteiger charge is -2.03. The Morgan fingerprint density at radius 1 is 1.04 bits per heavy atom. The van der Waals surface area contributed by atoms with Crippen LogP contribution in [0.3, 0.4) is 0 Å². The molecular weight excluding hydrogens is 310 g/mol. The van der Waals surface area contributed by atoms with E-state index in [4.69, 9.17) is 9.83 Å². The molecular formula is C22H21NO2. The Hall–Kier alpha value is -2.94. The third-order valence-electron chi connectivity index (χ3n) is 4.30. The van der Waals surface area contributed by atoms with E-state index in [0.29, 0.717) is 29.9 Å². The molecule has 2 aromatic carbocycles. The molecule has 3 rings (SSSR count). The van der Waals surface area contributed by atoms with Gasteiger partial charge >= 0.3 is 0 Å². The topological polar surface area (TPSA) is 54.1 Å². The predicted octanol–water partition coefficient (Wildman–Crippen LogP) is 5.46. The summed E-state index contributed by atoms with van der Waals surface area (Å²) >= 11 is 0. The Morgan fingerprint density at radius 2 is 1.72 bits per heavy atom. The Morgan fingerprint density at radius 3 is 2.36 bits per heavy atom. The van der Waals surface area contributed by atoms with Gasteiger partial charge < -0.3 is 9.83 Å². The number of ketones is 1. The summed E-state index contributed by atoms with van der Waals surface area (Å²) < 4.78 is 5.77. The fourth-order valence-electron chi connectivity index (χ4n) is 2.82. The average Bonchev–Trinajstić information content (AvgIpc) is 3.02. The Bertz CT molecular complexity index is 890. The van der Waals surface area contributed by atoms with Crippen molar-refractivity contribution in [1.29, 1.82) is 5.41 Å². The van der Waals surface area contributed by atoms with Gasteiger partial charge in [0.1, 0.15) is 11.5 Å². The van der Waals surface area contributed by atoms with E-state index in [-0.39, 0.29) is 5.78 Å². The predicted molar refractivity (Wildman–Crippen MR) is 100 cm³/mol. The van der Waals surface area contributed by atoms with Crippen molar-refractivity contribution in [3.8, 4) is 11.3 Å². The van der Waals surface area contributed by atoms with Gasteiger partial charge in [0.2, 0.25) is 0 Å². The Balaban J connectivity index is 1.69. The van der Waals surface area contributed by atoms with Crippen molar-refractivity contribution in [2.75, 3.05) is 0 Å². The highest BCUT2D eigenvalue weighted by atomic mass is 16.3. The van der Waals surface area contributed by atoms with Crippen molar-refractivity contribution in [2.24, 2.45) is 0 Å². The molecule has 0 spiro atoms. The van der Waals surface area contributed by atoms with E-state index >= 15 is 0 Å². The first kappa shape index (κ1) is 16.9. The molecule has 1 aromatic heterocycles. The minimum atomic E-state index is 0.0933. The zero-order valence-electron chi connectivity index (χ0n) is 14.5. The molecule has 25 heavy (non-hydrogen) atoms. The number of nitrogens with one attached hydrogen (secondary N) is 1. The van der Waals surface area contributed by atoms with Gasteiger partial charge in [0.25, 0.3) is 0 Å². The summed E-state index contributed by atoms with van der Waals surface area (Å²) in [5, 5.41) is 7.62. The standard InChI is InChI=1S/C22H21NO2/c1-15(23)18-11-8-17(9-12-18)10-13-21(24)20-14-22(25-16(20)2)19-6-4-3-5-7-19/h3-9,11-12,14,23H,10,13H2,1-2H3. The molecule has 1 N–H and O–H groups in total. The normalized spacial score (nSPS) is 10.6. The molecule has 0 atom stereocenters. The molecule has 3 heteroatoms. The smallest absolute Gasteiger partial charge is 0.166 e. The number of aryl methyl sites for hydroxylation is 2. The highest BCUT2D eigenvalue weighted by Gasteiger charge is 2.15. The molecule has 0 bridgehead atoms. The quantitative estimate of drug-likeness (QED) is 0.482. The molecule has 0 amide bonds. The van der Waals surface area contributed by atoms with E-state index in [1.165, 1.54) is 0 Å². The van der Waals surface area contributed by atoms with Crippen molar-refractivity contribution >= 4 is 11.5 Å². The fourth-order valence-corrected chi connectivity index (χ4v) is 2.82. The summed E-state index contributed by atoms with van der Waals surface area (Å²) in [4.78, 5) is 12.6. The highest BCUT2D eigenvalue weighted by Crippen LogP contribution is 2.26. The van der Waals surface area contributed by atoms with Gasteiger partial charge in [0, 0.05) is 17.7 Å². The van der Waals surface area contributed by atoms with Crippen molar-refractivity contribution < 1.29 is 9.21 Å². The number of furan rings is 1. The molecule has 0 saturated carbocycles. The van der Waals surface area contributed by atoms with Crippen LogP contribution in [0.4, 0.5) is 0 Å². The lowest BCUT2D eigenvalue weighted by Crippen LogP contribution is -2.02. The number of carbonyl (C=O) groups is 1. The van der Waals surface area contributed by atoms with E-state index < -0.39 is 0 Å². The van der Waals surface area contributed by atoms with Crippen LogP contribution >= 0.6 is 0 Å². The molecule has 3 nitrogen and oxygen atoms in total. The number of hydrogen-bond donors (Lipinski definition) is 1. The molecule has 0 aliphatic heterocycles. The summed E-state index contributed by atoms with van der Waals surface area (Å²) in [7, 11) is 0. The Labute approximate surface area is 147 Å². The zero-order chi connectivity index (χ0) is 17.8. The van der Waals surface area contributed by atoms with Crippen molar-refractivity contribution in [1.82, 2.24) is 0 Å². The van der Waals surface area contributed by atoms with Crippen LogP contribution in [0.25, 0.3) is 11.3 Å². The molecule has 0 saturated heterocycles. The molecule has 1 heterocycles. The molecule has 0 radical (unpaired) electrons. The molecule has 126 valence electrons. The minimum absolute atomic E-state index is 0.0933. The van der Waals surface area contributed by atoms with Crippen LogP contribution in [0.2, 0.25) is 0 Å². The van der Waals surface area contributed by atoms with Gasteiger partial charge in [0.05, 0.1) is 5.56 Å². The average molecular weight is 331 g/mol. The van der Waals surface area contributed by atoms with Crippen LogP contribution in [0.5, 0.6) is 0 Å². The summed E-state index contributed by atoms with van der Waals surface area (Å²) in [6, 6.07) is 19.5. The second-order valence-corrected chi connectivity index (χ2v) is 6.19. The van der Waals surface area contributed by atoms with Crippen LogP contribution in [0, 0.1) is 12.3 Å². The Kier molecular flexibility index (Phi) is 4.94. The third-order valence-corrected chi connectivity index (χ3v) is 4.30. The van der Waals surface area contributed by atoms with Crippen LogP contribution < -0.4 is 0 Å². The van der Waals surface area contributed by atoms with Gasteiger partial charge in [-0.2, -0.15) is 0 Å². The number of Topliss-reactive ketones (excluding diaryl/α,β-unsaturated/α-hetero) is 1. The molecule has 0 aliphatic carbocycles. The third kappa shape index (κ3) is 3.94. The van der Waals surface area contributed by atoms with Crippen molar-refractivity contribution in [2.45, 2.75) is 26.7 Å². The second kappa shape index (κ2) is 7.31. The van der Waals surface area contributed by atoms with Gasteiger partial charge in [-0.1, -0.05) is 54.6 Å². The van der Waals surface area contributed by atoms with Crippen LogP contribution in [-0.2, 0) is 6.42 Å². The van der Waals surface area contributed by atoms with Gasteiger partial charge in [-0.05, 0) is 37.5 Å². The van der Waals surface area contributed by atoms with Crippen LogP contribution in [-0.4, -0.2) is 11.5 Å². The number of hydrogen-bond acceptors (Lipinski definition) is 3. The molecule has 0 aliphatic rings. The van der Waals surface area contributed by atoms with Crippen molar-refractivity contribution in [3.05, 3.63) is 83.1 Å². The van der Waals surface area contributed by atoms with Gasteiger partial charge in [0.15, 0.2) is 5.78 Å². The first-order valence-corrected chi connectivity index (χ1v) is 8.38. The summed E-state index contributed by atoms with van der Waals surface area (Å²) in [5.74, 6) is 1.49. The lowest BCUT2D eigenvalue weighted by atomic mass is 10.0. The van der Waals surface area contributed by atoms with E-state index in [9.17, 15) is 4.79 Å². The van der Waals surface area contributed by atoms with E-state index in [0.717, 1.165) is 22.5 Å². The van der Waals surface area contributed by atoms with E-state index in [1.807, 2.05) is 67.6 Å². The first-order chi connectivity index (χ1) is 12.0. The van der Waals surface area contributed by atoms with Gasteiger partial charge in [-0.15, -0.1) is 0 Å². The monoisotopic (exact) mass is 331 g/mol. The van der Waals surface area contributed by atoms with Crippen LogP contribution in [0.15, 0.2) is 65.1 Å². The second-order valence-electron chi connectivity index (χ2n) is 6.19. The first-order valence-electron chi connectivity index (χ1n) is 8.38. The summed E-state index contributed by atoms with van der Waals surface area (Å²) in [5.41, 5.74) is 4.19. The zero-order valence-corrected chi connectivity index (χ0v) is 14.5. The van der Waals surface area contributed by atoms with Crippen LogP contribution in [0.1, 0.15) is 40.6 Å². The summed E-state index contributed by atoms with van der Waals surface area (Å²) in [6.07, 6.45) is 1.12. The number of carbonyl (C=O) groups excluding carboxylic acids is 1. The van der Waals surface area contributed by atoms with E-state index in [1.54, 1.807) is 6.92 Å². The molecule has 0 unspecified atom stereocenters. The largest absolute Gasteiger partial charge is 0.461 e. The van der Waals surface area contributed by atoms with Gasteiger partial charge in [-0.25, -0.2) is 0 Å². The maximum absolute atomic E-state index is 12.6. The fraction of sp³-hybridized carbons (Fsp3) is 0.182. The lowest BCUT2D eigenvalue weighted by molar-refractivity contribution is 0.0981. The van der Waals surface area contributed by atoms with Gasteiger partial charge in [-0.3, -0.25) is 4.79 Å². The van der Waals surface area contributed by atoms with Crippen molar-refractivity contribution in [3.63, 3.8) is 0 Å². The number of benzene rings is 2.